The van der Waals surface area contributed by atoms with Gasteiger partial charge in [0.25, 0.3) is 0 Å². The van der Waals surface area contributed by atoms with E-state index >= 15 is 0 Å². The first-order valence-corrected chi connectivity index (χ1v) is 8.68. The average Bonchev–Trinajstić information content (AvgIpc) is 2.52. The lowest BCUT2D eigenvalue weighted by molar-refractivity contribution is -0.137. The molecule has 0 spiro atoms. The number of carbonyl (C=O) groups excluding carboxylic acids is 1. The van der Waals surface area contributed by atoms with E-state index in [0.29, 0.717) is 36.0 Å². The topological polar surface area (TPSA) is 57.6 Å². The van der Waals surface area contributed by atoms with E-state index in [9.17, 15) is 14.0 Å². The molecular weight excluding hydrogens is 365 g/mol. The first-order chi connectivity index (χ1) is 11.0. The number of carboxylic acids is 1. The minimum atomic E-state index is -0.792. The lowest BCUT2D eigenvalue weighted by atomic mass is 9.93. The third-order valence-electron chi connectivity index (χ3n) is 4.26. The summed E-state index contributed by atoms with van der Waals surface area (Å²) in [5, 5.41) is 8.76. The third kappa shape index (κ3) is 5.61. The van der Waals surface area contributed by atoms with Crippen LogP contribution in [0.25, 0.3) is 0 Å². The van der Waals surface area contributed by atoms with Crippen LogP contribution >= 0.6 is 15.9 Å². The summed E-state index contributed by atoms with van der Waals surface area (Å²) in [4.78, 5) is 24.8. The Labute approximate surface area is 143 Å². The number of aryl methyl sites for hydroxylation is 1. The molecule has 1 N–H and O–H groups in total. The van der Waals surface area contributed by atoms with Crippen molar-refractivity contribution in [1.29, 1.82) is 0 Å². The van der Waals surface area contributed by atoms with Crippen molar-refractivity contribution < 1.29 is 19.1 Å². The third-order valence-corrected chi connectivity index (χ3v) is 4.75. The highest BCUT2D eigenvalue weighted by molar-refractivity contribution is 9.10. The largest absolute Gasteiger partial charge is 0.481 e. The van der Waals surface area contributed by atoms with Gasteiger partial charge in [-0.2, -0.15) is 0 Å². The number of nitrogens with zero attached hydrogens (tertiary/aromatic N) is 1. The molecule has 0 radical (unpaired) electrons. The van der Waals surface area contributed by atoms with Crippen LogP contribution in [0.3, 0.4) is 0 Å². The normalized spacial score (nSPS) is 18.0. The summed E-state index contributed by atoms with van der Waals surface area (Å²) >= 11 is 3.21. The Morgan fingerprint density at radius 1 is 1.35 bits per heavy atom. The van der Waals surface area contributed by atoms with Crippen molar-refractivity contribution in [3.05, 3.63) is 34.1 Å². The Bertz CT molecular complexity index is 579. The molecule has 0 bridgehead atoms. The van der Waals surface area contributed by atoms with Crippen LogP contribution in [0.4, 0.5) is 4.39 Å². The van der Waals surface area contributed by atoms with Crippen LogP contribution < -0.4 is 0 Å². The predicted octanol–water partition coefficient (Wildman–Crippen LogP) is 3.62. The van der Waals surface area contributed by atoms with E-state index in [4.69, 9.17) is 5.11 Å². The lowest BCUT2D eigenvalue weighted by Gasteiger charge is -2.32. The maximum absolute atomic E-state index is 13.8. The Hall–Kier alpha value is -1.43. The molecule has 6 heteroatoms. The van der Waals surface area contributed by atoms with Gasteiger partial charge in [0.2, 0.25) is 5.91 Å². The van der Waals surface area contributed by atoms with Gasteiger partial charge >= 0.3 is 5.97 Å². The highest BCUT2D eigenvalue weighted by Crippen LogP contribution is 2.22. The molecule has 1 aromatic carbocycles. The number of rotatable bonds is 6. The number of likely N-dealkylation sites (tertiary alicyclic amines) is 1. The number of benzene rings is 1. The van der Waals surface area contributed by atoms with Gasteiger partial charge in [0, 0.05) is 30.4 Å². The molecule has 1 aromatic rings. The molecule has 1 atom stereocenters. The van der Waals surface area contributed by atoms with Crippen molar-refractivity contribution in [3.8, 4) is 0 Å². The molecule has 1 saturated heterocycles. The zero-order valence-electron chi connectivity index (χ0n) is 12.9. The monoisotopic (exact) mass is 385 g/mol. The van der Waals surface area contributed by atoms with Crippen LogP contribution in [-0.4, -0.2) is 35.0 Å². The molecule has 0 aliphatic carbocycles. The van der Waals surface area contributed by atoms with Crippen molar-refractivity contribution in [2.45, 2.75) is 38.5 Å². The summed E-state index contributed by atoms with van der Waals surface area (Å²) in [5.74, 6) is -0.815. The number of aliphatic carboxylic acids is 1. The molecule has 1 aliphatic rings. The summed E-state index contributed by atoms with van der Waals surface area (Å²) in [6, 6.07) is 4.87. The standard InChI is InChI=1S/C17H21BrFNO3/c18-14-6-4-13(15(19)10-14)5-7-16(21)20-9-1-2-12(11-20)3-8-17(22)23/h4,6,10,12H,1-3,5,7-9,11H2,(H,22,23)/t12-/m1/s1. The molecular formula is C17H21BrFNO3. The van der Waals surface area contributed by atoms with Crippen molar-refractivity contribution in [2.75, 3.05) is 13.1 Å². The second-order valence-corrected chi connectivity index (χ2v) is 6.93. The Morgan fingerprint density at radius 2 is 2.13 bits per heavy atom. The highest BCUT2D eigenvalue weighted by atomic mass is 79.9. The Balaban J connectivity index is 1.83. The SMILES string of the molecule is O=C(O)CC[C@H]1CCCN(C(=O)CCc2ccc(Br)cc2F)C1. The van der Waals surface area contributed by atoms with E-state index in [1.807, 2.05) is 0 Å². The molecule has 4 nitrogen and oxygen atoms in total. The molecule has 1 heterocycles. The van der Waals surface area contributed by atoms with Gasteiger partial charge in [-0.1, -0.05) is 22.0 Å². The Kier molecular flexibility index (Phi) is 6.57. The van der Waals surface area contributed by atoms with E-state index in [2.05, 4.69) is 15.9 Å². The summed E-state index contributed by atoms with van der Waals surface area (Å²) in [7, 11) is 0. The van der Waals surface area contributed by atoms with Gasteiger partial charge < -0.3 is 10.0 Å². The fourth-order valence-electron chi connectivity index (χ4n) is 2.98. The lowest BCUT2D eigenvalue weighted by Crippen LogP contribution is -2.40. The zero-order chi connectivity index (χ0) is 16.8. The van der Waals surface area contributed by atoms with Crippen molar-refractivity contribution >= 4 is 27.8 Å². The minimum Gasteiger partial charge on any atom is -0.481 e. The van der Waals surface area contributed by atoms with E-state index in [1.54, 1.807) is 17.0 Å². The molecule has 23 heavy (non-hydrogen) atoms. The van der Waals surface area contributed by atoms with Gasteiger partial charge in [-0.3, -0.25) is 9.59 Å². The van der Waals surface area contributed by atoms with Gasteiger partial charge in [0.15, 0.2) is 0 Å². The number of piperidine rings is 1. The molecule has 1 aliphatic heterocycles. The summed E-state index contributed by atoms with van der Waals surface area (Å²) in [5.41, 5.74) is 0.543. The second-order valence-electron chi connectivity index (χ2n) is 6.02. The van der Waals surface area contributed by atoms with Gasteiger partial charge in [0.1, 0.15) is 5.82 Å². The fourth-order valence-corrected chi connectivity index (χ4v) is 3.31. The molecule has 126 valence electrons. The molecule has 1 fully saturated rings. The van der Waals surface area contributed by atoms with Crippen LogP contribution in [0.2, 0.25) is 0 Å². The molecule has 2 rings (SSSR count). The van der Waals surface area contributed by atoms with Crippen LogP contribution in [0.15, 0.2) is 22.7 Å². The first kappa shape index (κ1) is 17.9. The maximum atomic E-state index is 13.8. The number of hydrogen-bond donors (Lipinski definition) is 1. The first-order valence-electron chi connectivity index (χ1n) is 7.89. The number of halogens is 2. The molecule has 0 unspecified atom stereocenters. The summed E-state index contributed by atoms with van der Waals surface area (Å²) < 4.78 is 14.5. The van der Waals surface area contributed by atoms with E-state index < -0.39 is 5.97 Å². The zero-order valence-corrected chi connectivity index (χ0v) is 14.5. The van der Waals surface area contributed by atoms with Crippen molar-refractivity contribution in [3.63, 3.8) is 0 Å². The fraction of sp³-hybridized carbons (Fsp3) is 0.529. The Morgan fingerprint density at radius 3 is 2.83 bits per heavy atom. The quantitative estimate of drug-likeness (QED) is 0.813. The van der Waals surface area contributed by atoms with Crippen LogP contribution in [0, 0.1) is 11.7 Å². The molecule has 1 amide bonds. The molecule has 0 saturated carbocycles. The maximum Gasteiger partial charge on any atom is 0.303 e. The number of carbonyl (C=O) groups is 2. The summed E-state index contributed by atoms with van der Waals surface area (Å²) in [6.45, 7) is 1.33. The number of hydrogen-bond acceptors (Lipinski definition) is 2. The van der Waals surface area contributed by atoms with E-state index in [0.717, 1.165) is 12.8 Å². The van der Waals surface area contributed by atoms with Gasteiger partial charge in [-0.05, 0) is 49.3 Å². The molecule has 0 aromatic heterocycles. The predicted molar refractivity (Wildman–Crippen MR) is 88.6 cm³/mol. The highest BCUT2D eigenvalue weighted by Gasteiger charge is 2.24. The van der Waals surface area contributed by atoms with Gasteiger partial charge in [-0.15, -0.1) is 0 Å². The minimum absolute atomic E-state index is 0.0207. The second kappa shape index (κ2) is 8.43. The van der Waals surface area contributed by atoms with Crippen LogP contribution in [-0.2, 0) is 16.0 Å². The smallest absolute Gasteiger partial charge is 0.303 e. The van der Waals surface area contributed by atoms with Crippen molar-refractivity contribution in [1.82, 2.24) is 4.90 Å². The number of amides is 1. The van der Waals surface area contributed by atoms with Crippen LogP contribution in [0.1, 0.15) is 37.7 Å². The summed E-state index contributed by atoms with van der Waals surface area (Å²) in [6.07, 6.45) is 3.30. The van der Waals surface area contributed by atoms with Crippen LogP contribution in [0.5, 0.6) is 0 Å². The average molecular weight is 386 g/mol. The van der Waals surface area contributed by atoms with Gasteiger partial charge in [-0.25, -0.2) is 4.39 Å². The van der Waals surface area contributed by atoms with E-state index in [-0.39, 0.29) is 30.5 Å². The number of carboxylic acid groups (broad SMARTS) is 1. The van der Waals surface area contributed by atoms with E-state index in [1.165, 1.54) is 6.07 Å². The van der Waals surface area contributed by atoms with Gasteiger partial charge in [0.05, 0.1) is 0 Å². The van der Waals surface area contributed by atoms with Crippen molar-refractivity contribution in [2.24, 2.45) is 5.92 Å².